The fourth-order valence-corrected chi connectivity index (χ4v) is 4.05. The van der Waals surface area contributed by atoms with Gasteiger partial charge in [0.2, 0.25) is 0 Å². The molecular weight excluding hydrogens is 410 g/mol. The molecule has 0 aromatic heterocycles. The van der Waals surface area contributed by atoms with E-state index in [0.29, 0.717) is 18.0 Å². The highest BCUT2D eigenvalue weighted by atomic mass is 16.2. The summed E-state index contributed by atoms with van der Waals surface area (Å²) in [6.07, 6.45) is 0.720. The molecule has 0 fully saturated rings. The number of fused-ring (bicyclic) bond motifs is 1. The first-order valence-corrected chi connectivity index (χ1v) is 11.5. The fourth-order valence-electron chi connectivity index (χ4n) is 4.05. The molecule has 0 radical (unpaired) electrons. The average molecular weight is 442 g/mol. The summed E-state index contributed by atoms with van der Waals surface area (Å²) in [6, 6.07) is 21.1. The van der Waals surface area contributed by atoms with Crippen LogP contribution in [0.5, 0.6) is 0 Å². The van der Waals surface area contributed by atoms with Gasteiger partial charge in [-0.3, -0.25) is 9.59 Å². The van der Waals surface area contributed by atoms with Crippen molar-refractivity contribution >= 4 is 23.2 Å². The van der Waals surface area contributed by atoms with E-state index in [1.165, 1.54) is 5.56 Å². The van der Waals surface area contributed by atoms with Crippen molar-refractivity contribution in [3.05, 3.63) is 94.5 Å². The van der Waals surface area contributed by atoms with Crippen LogP contribution in [-0.4, -0.2) is 23.3 Å². The van der Waals surface area contributed by atoms with Gasteiger partial charge in [-0.1, -0.05) is 38.1 Å². The molecule has 1 aliphatic heterocycles. The number of amides is 2. The van der Waals surface area contributed by atoms with Gasteiger partial charge in [0.1, 0.15) is 6.17 Å². The van der Waals surface area contributed by atoms with Crippen LogP contribution in [-0.2, 0) is 0 Å². The van der Waals surface area contributed by atoms with E-state index in [0.717, 1.165) is 34.5 Å². The van der Waals surface area contributed by atoms with E-state index < -0.39 is 0 Å². The maximum Gasteiger partial charge on any atom is 0.256 e. The Morgan fingerprint density at radius 2 is 1.64 bits per heavy atom. The molecule has 3 aromatic rings. The lowest BCUT2D eigenvalue weighted by molar-refractivity contribution is 0.0734. The van der Waals surface area contributed by atoms with Gasteiger partial charge in [-0.2, -0.15) is 0 Å². The van der Waals surface area contributed by atoms with Gasteiger partial charge in [-0.25, -0.2) is 0 Å². The van der Waals surface area contributed by atoms with Gasteiger partial charge in [0.15, 0.2) is 0 Å². The van der Waals surface area contributed by atoms with Gasteiger partial charge in [-0.15, -0.1) is 0 Å². The number of carbonyl (C=O) groups excluding carboxylic acids is 2. The molecular formula is C28H31N3O2. The van der Waals surface area contributed by atoms with Gasteiger partial charge in [0.25, 0.3) is 11.8 Å². The molecule has 33 heavy (non-hydrogen) atoms. The molecule has 5 heteroatoms. The molecule has 0 aliphatic carbocycles. The Bertz CT molecular complexity index is 1170. The van der Waals surface area contributed by atoms with Crippen LogP contribution in [0.1, 0.15) is 63.8 Å². The highest BCUT2D eigenvalue weighted by Crippen LogP contribution is 2.34. The molecule has 0 bridgehead atoms. The fraction of sp³-hybridized carbons (Fsp3) is 0.286. The smallest absolute Gasteiger partial charge is 0.256 e. The van der Waals surface area contributed by atoms with E-state index in [-0.39, 0.29) is 18.0 Å². The predicted octanol–water partition coefficient (Wildman–Crippen LogP) is 6.17. The second-order valence-electron chi connectivity index (χ2n) is 9.15. The maximum absolute atomic E-state index is 13.0. The van der Waals surface area contributed by atoms with Crippen LogP contribution in [0, 0.1) is 19.8 Å². The monoisotopic (exact) mass is 441 g/mol. The summed E-state index contributed by atoms with van der Waals surface area (Å²) in [7, 11) is 0. The van der Waals surface area contributed by atoms with Crippen LogP contribution >= 0.6 is 0 Å². The van der Waals surface area contributed by atoms with Crippen LogP contribution in [0.4, 0.5) is 11.4 Å². The summed E-state index contributed by atoms with van der Waals surface area (Å²) >= 11 is 0. The third-order valence-corrected chi connectivity index (χ3v) is 6.22. The summed E-state index contributed by atoms with van der Waals surface area (Å²) in [6.45, 7) is 9.10. The zero-order valence-electron chi connectivity index (χ0n) is 19.7. The quantitative estimate of drug-likeness (QED) is 0.461. The molecule has 170 valence electrons. The Morgan fingerprint density at radius 1 is 0.939 bits per heavy atom. The molecule has 0 saturated carbocycles. The van der Waals surface area contributed by atoms with Crippen LogP contribution in [0.3, 0.4) is 0 Å². The minimum absolute atomic E-state index is 0.0631. The van der Waals surface area contributed by atoms with E-state index in [9.17, 15) is 9.59 Å². The Labute approximate surface area is 195 Å². The molecule has 1 heterocycles. The first-order chi connectivity index (χ1) is 15.8. The molecule has 0 spiro atoms. The second-order valence-corrected chi connectivity index (χ2v) is 9.15. The van der Waals surface area contributed by atoms with Crippen molar-refractivity contribution in [1.29, 1.82) is 0 Å². The number of hydrogen-bond acceptors (Lipinski definition) is 3. The van der Waals surface area contributed by atoms with Crippen molar-refractivity contribution in [3.63, 3.8) is 0 Å². The highest BCUT2D eigenvalue weighted by Gasteiger charge is 2.36. The molecule has 3 aromatic carbocycles. The Morgan fingerprint density at radius 3 is 2.33 bits per heavy atom. The van der Waals surface area contributed by atoms with E-state index in [4.69, 9.17) is 0 Å². The second kappa shape index (κ2) is 9.49. The number of benzene rings is 3. The van der Waals surface area contributed by atoms with Crippen LogP contribution in [0.15, 0.2) is 66.7 Å². The van der Waals surface area contributed by atoms with Gasteiger partial charge in [-0.05, 0) is 79.8 Å². The molecule has 2 amide bonds. The molecule has 1 aliphatic rings. The van der Waals surface area contributed by atoms with Crippen LogP contribution in [0.2, 0.25) is 0 Å². The van der Waals surface area contributed by atoms with Crippen molar-refractivity contribution in [2.24, 2.45) is 5.92 Å². The lowest BCUT2D eigenvalue weighted by Crippen LogP contribution is -2.33. The number of rotatable bonds is 7. The SMILES string of the molecule is Cc1ccc(NC(=O)c2ccc(N[C@H]3c4ccccc4C(=O)N3CCC(C)C)cc2)cc1C. The van der Waals surface area contributed by atoms with Gasteiger partial charge < -0.3 is 15.5 Å². The summed E-state index contributed by atoms with van der Waals surface area (Å²) in [5.74, 6) is 0.426. The van der Waals surface area contributed by atoms with E-state index in [1.54, 1.807) is 12.1 Å². The Kier molecular flexibility index (Phi) is 6.50. The van der Waals surface area contributed by atoms with Gasteiger partial charge >= 0.3 is 0 Å². The number of anilines is 2. The Hall–Kier alpha value is -3.60. The predicted molar refractivity (Wildman–Crippen MR) is 134 cm³/mol. The van der Waals surface area contributed by atoms with Gasteiger partial charge in [0, 0.05) is 34.6 Å². The number of hydrogen-bond donors (Lipinski definition) is 2. The maximum atomic E-state index is 13.0. The number of nitrogens with zero attached hydrogens (tertiary/aromatic N) is 1. The van der Waals surface area contributed by atoms with Crippen LogP contribution < -0.4 is 10.6 Å². The zero-order chi connectivity index (χ0) is 23.5. The summed E-state index contributed by atoms with van der Waals surface area (Å²) in [5.41, 5.74) is 6.30. The lowest BCUT2D eigenvalue weighted by atomic mass is 10.1. The van der Waals surface area contributed by atoms with E-state index in [2.05, 4.69) is 24.5 Å². The molecule has 0 saturated heterocycles. The topological polar surface area (TPSA) is 61.4 Å². The normalized spacial score (nSPS) is 15.0. The number of aryl methyl sites for hydroxylation is 2. The number of nitrogens with one attached hydrogen (secondary N) is 2. The summed E-state index contributed by atoms with van der Waals surface area (Å²) < 4.78 is 0. The standard InChI is InChI=1S/C28H31N3O2/c1-18(2)15-16-31-26(24-7-5-6-8-25(24)28(31)33)29-22-13-10-21(11-14-22)27(32)30-23-12-9-19(3)20(4)17-23/h5-14,17-18,26,29H,15-16H2,1-4H3,(H,30,32)/t26-/m1/s1. The first kappa shape index (κ1) is 22.6. The largest absolute Gasteiger partial charge is 0.361 e. The minimum Gasteiger partial charge on any atom is -0.361 e. The molecule has 1 atom stereocenters. The van der Waals surface area contributed by atoms with E-state index >= 15 is 0 Å². The minimum atomic E-state index is -0.220. The summed E-state index contributed by atoms with van der Waals surface area (Å²) in [5, 5.41) is 6.46. The van der Waals surface area contributed by atoms with Gasteiger partial charge in [0.05, 0.1) is 0 Å². The highest BCUT2D eigenvalue weighted by molar-refractivity contribution is 6.04. The van der Waals surface area contributed by atoms with Crippen molar-refractivity contribution < 1.29 is 9.59 Å². The Balaban J connectivity index is 1.49. The molecule has 4 rings (SSSR count). The third-order valence-electron chi connectivity index (χ3n) is 6.22. The summed E-state index contributed by atoms with van der Waals surface area (Å²) in [4.78, 5) is 27.6. The van der Waals surface area contributed by atoms with Crippen LogP contribution in [0.25, 0.3) is 0 Å². The molecule has 2 N–H and O–H groups in total. The number of carbonyl (C=O) groups is 2. The average Bonchev–Trinajstić information content (AvgIpc) is 3.06. The first-order valence-electron chi connectivity index (χ1n) is 11.5. The zero-order valence-corrected chi connectivity index (χ0v) is 19.7. The third kappa shape index (κ3) is 4.92. The lowest BCUT2D eigenvalue weighted by Gasteiger charge is -2.28. The molecule has 0 unspecified atom stereocenters. The van der Waals surface area contributed by atoms with Crippen molar-refractivity contribution in [1.82, 2.24) is 4.90 Å². The van der Waals surface area contributed by atoms with E-state index in [1.807, 2.05) is 73.3 Å². The molecule has 5 nitrogen and oxygen atoms in total. The van der Waals surface area contributed by atoms with Crippen molar-refractivity contribution in [2.45, 2.75) is 40.3 Å². The van der Waals surface area contributed by atoms with Crippen molar-refractivity contribution in [2.75, 3.05) is 17.2 Å². The van der Waals surface area contributed by atoms with Crippen molar-refractivity contribution in [3.8, 4) is 0 Å².